The number of nitrogens with zero attached hydrogens (tertiary/aromatic N) is 1. The van der Waals surface area contributed by atoms with Gasteiger partial charge < -0.3 is 10.0 Å². The minimum Gasteiger partial charge on any atom is -0.377 e. The second kappa shape index (κ2) is 9.49. The second-order valence-corrected chi connectivity index (χ2v) is 11.9. The summed E-state index contributed by atoms with van der Waals surface area (Å²) in [6.07, 6.45) is 2.01. The number of ketones is 1. The third-order valence-electron chi connectivity index (χ3n) is 10.3. The summed E-state index contributed by atoms with van der Waals surface area (Å²) in [7, 11) is 0. The molecule has 0 radical (unpaired) electrons. The molecule has 0 heterocycles. The maximum absolute atomic E-state index is 13.1. The van der Waals surface area contributed by atoms with Crippen LogP contribution in [0.25, 0.3) is 0 Å². The highest BCUT2D eigenvalue weighted by molar-refractivity contribution is 5.91. The molecule has 7 atom stereocenters. The Balaban J connectivity index is 1.57. The number of aliphatic hydroxyl groups is 1. The number of hydrogen-bond donors (Lipinski definition) is 1. The van der Waals surface area contributed by atoms with Gasteiger partial charge in [0.2, 0.25) is 0 Å². The van der Waals surface area contributed by atoms with E-state index in [1.165, 1.54) is 17.1 Å². The molecular weight excluding hydrogens is 475 g/mol. The predicted octanol–water partition coefficient (Wildman–Crippen LogP) is 6.66. The molecule has 1 aromatic carbocycles. The Hall–Kier alpha value is -2.26. The summed E-state index contributed by atoms with van der Waals surface area (Å²) >= 11 is 0. The van der Waals surface area contributed by atoms with E-state index >= 15 is 0 Å². The van der Waals surface area contributed by atoms with Crippen LogP contribution in [0.4, 0.5) is 18.9 Å². The van der Waals surface area contributed by atoms with Gasteiger partial charge in [-0.1, -0.05) is 30.6 Å². The molecule has 5 rings (SSSR count). The van der Waals surface area contributed by atoms with E-state index in [1.54, 1.807) is 0 Å². The third kappa shape index (κ3) is 4.52. The largest absolute Gasteiger partial charge is 0.457 e. The first-order valence-corrected chi connectivity index (χ1v) is 13.9. The minimum absolute atomic E-state index is 0.0937. The molecule has 0 spiro atoms. The number of anilines is 1. The van der Waals surface area contributed by atoms with Crippen molar-refractivity contribution in [3.8, 4) is 11.8 Å². The van der Waals surface area contributed by atoms with E-state index < -0.39 is 17.2 Å². The van der Waals surface area contributed by atoms with Crippen molar-refractivity contribution in [1.82, 2.24) is 0 Å². The van der Waals surface area contributed by atoms with Gasteiger partial charge in [-0.2, -0.15) is 13.2 Å². The van der Waals surface area contributed by atoms with Crippen LogP contribution in [0.2, 0.25) is 0 Å². The van der Waals surface area contributed by atoms with Crippen molar-refractivity contribution in [2.75, 3.05) is 18.0 Å². The number of rotatable bonds is 4. The van der Waals surface area contributed by atoms with Gasteiger partial charge in [0.25, 0.3) is 0 Å². The fourth-order valence-electron chi connectivity index (χ4n) is 8.55. The van der Waals surface area contributed by atoms with Crippen LogP contribution in [0.15, 0.2) is 35.9 Å². The summed E-state index contributed by atoms with van der Waals surface area (Å²) in [6, 6.07) is 8.67. The third-order valence-corrected chi connectivity index (χ3v) is 10.3. The van der Waals surface area contributed by atoms with E-state index in [1.807, 2.05) is 13.0 Å². The van der Waals surface area contributed by atoms with E-state index in [0.29, 0.717) is 37.0 Å². The quantitative estimate of drug-likeness (QED) is 0.458. The molecule has 3 fully saturated rings. The Morgan fingerprint density at radius 2 is 1.76 bits per heavy atom. The molecule has 0 amide bonds. The van der Waals surface area contributed by atoms with Crippen LogP contribution in [0.3, 0.4) is 0 Å². The van der Waals surface area contributed by atoms with Crippen LogP contribution in [-0.4, -0.2) is 35.8 Å². The van der Waals surface area contributed by atoms with Crippen molar-refractivity contribution in [2.45, 2.75) is 83.4 Å². The molecule has 6 heteroatoms. The number of fused-ring (bicyclic) bond motifs is 5. The number of carbonyl (C=O) groups is 1. The zero-order valence-corrected chi connectivity index (χ0v) is 22.1. The minimum atomic E-state index is -4.62. The lowest BCUT2D eigenvalue weighted by Gasteiger charge is -2.58. The van der Waals surface area contributed by atoms with Crippen molar-refractivity contribution < 1.29 is 23.1 Å². The maximum Gasteiger partial charge on any atom is 0.457 e. The van der Waals surface area contributed by atoms with Gasteiger partial charge in [-0.05, 0) is 106 Å². The lowest BCUT2D eigenvalue weighted by molar-refractivity contribution is -0.117. The summed E-state index contributed by atoms with van der Waals surface area (Å²) in [6.45, 7) is 8.08. The van der Waals surface area contributed by atoms with Gasteiger partial charge in [-0.15, -0.1) is 0 Å². The van der Waals surface area contributed by atoms with Gasteiger partial charge in [0, 0.05) is 36.5 Å². The van der Waals surface area contributed by atoms with E-state index in [4.69, 9.17) is 0 Å². The standard InChI is InChI=1S/C31H38F3NO2/c1-4-35(5-2)22-9-6-20(7-10-22)26-19-29(3)27(14-15-30(29,37)16-17-31(32,33)34)25-12-8-21-18-23(36)11-13-24(21)28(25)26/h6-7,9-10,18,24-28,37H,4-5,8,11-15,19H2,1-3H3/t24-,25-,26+,27-,28+,29-,30+/m0/s1. The first kappa shape index (κ1) is 26.4. The van der Waals surface area contributed by atoms with E-state index in [9.17, 15) is 23.1 Å². The number of halogens is 3. The zero-order chi connectivity index (χ0) is 26.6. The van der Waals surface area contributed by atoms with Crippen LogP contribution in [0.1, 0.15) is 77.2 Å². The van der Waals surface area contributed by atoms with Gasteiger partial charge in [0.1, 0.15) is 5.60 Å². The summed E-state index contributed by atoms with van der Waals surface area (Å²) in [5.74, 6) is 5.11. The second-order valence-electron chi connectivity index (χ2n) is 11.9. The molecule has 1 N–H and O–H groups in total. The molecule has 0 unspecified atom stereocenters. The topological polar surface area (TPSA) is 40.5 Å². The number of allylic oxidation sites excluding steroid dienone is 1. The smallest absolute Gasteiger partial charge is 0.377 e. The SMILES string of the molecule is CCN(CC)c1ccc([C@H]2C[C@@]3(C)[C@@H](CC[C@@]3(O)C#CC(F)(F)F)[C@@H]3CCC4=CC(=O)CC[C@@H]4[C@H]32)cc1. The first-order chi connectivity index (χ1) is 17.5. The van der Waals surface area contributed by atoms with Crippen molar-refractivity contribution in [3.63, 3.8) is 0 Å². The van der Waals surface area contributed by atoms with Gasteiger partial charge >= 0.3 is 6.18 Å². The van der Waals surface area contributed by atoms with Crippen LogP contribution in [0, 0.1) is 40.9 Å². The summed E-state index contributed by atoms with van der Waals surface area (Å²) in [4.78, 5) is 14.5. The Bertz CT molecular complexity index is 1130. The molecule has 0 bridgehead atoms. The average Bonchev–Trinajstić information content (AvgIpc) is 3.13. The highest BCUT2D eigenvalue weighted by Gasteiger charge is 2.64. The highest BCUT2D eigenvalue weighted by atomic mass is 19.4. The summed E-state index contributed by atoms with van der Waals surface area (Å²) in [5, 5.41) is 11.7. The molecule has 0 aliphatic heterocycles. The molecule has 200 valence electrons. The fourth-order valence-corrected chi connectivity index (χ4v) is 8.55. The van der Waals surface area contributed by atoms with E-state index in [-0.39, 0.29) is 24.0 Å². The molecule has 4 aliphatic rings. The molecule has 0 aromatic heterocycles. The molecule has 4 aliphatic carbocycles. The van der Waals surface area contributed by atoms with Crippen LogP contribution < -0.4 is 4.90 Å². The van der Waals surface area contributed by atoms with Gasteiger partial charge in [-0.25, -0.2) is 0 Å². The Morgan fingerprint density at radius 1 is 1.05 bits per heavy atom. The lowest BCUT2D eigenvalue weighted by Crippen LogP contribution is -2.54. The molecule has 37 heavy (non-hydrogen) atoms. The predicted molar refractivity (Wildman–Crippen MR) is 139 cm³/mol. The molecule has 0 saturated heterocycles. The Labute approximate surface area is 218 Å². The Kier molecular flexibility index (Phi) is 6.76. The molecular formula is C31H38F3NO2. The van der Waals surface area contributed by atoms with E-state index in [0.717, 1.165) is 38.0 Å². The van der Waals surface area contributed by atoms with Gasteiger partial charge in [-0.3, -0.25) is 4.79 Å². The van der Waals surface area contributed by atoms with Gasteiger partial charge in [0.15, 0.2) is 5.78 Å². The number of hydrogen-bond acceptors (Lipinski definition) is 3. The fraction of sp³-hybridized carbons (Fsp3) is 0.645. The average molecular weight is 514 g/mol. The van der Waals surface area contributed by atoms with Crippen molar-refractivity contribution in [2.24, 2.45) is 29.1 Å². The normalized spacial score (nSPS) is 37.0. The van der Waals surface area contributed by atoms with Crippen LogP contribution >= 0.6 is 0 Å². The van der Waals surface area contributed by atoms with Crippen LogP contribution in [-0.2, 0) is 4.79 Å². The van der Waals surface area contributed by atoms with Crippen molar-refractivity contribution >= 4 is 11.5 Å². The number of carbonyl (C=O) groups excluding carboxylic acids is 1. The maximum atomic E-state index is 13.1. The zero-order valence-electron chi connectivity index (χ0n) is 22.1. The molecule has 3 nitrogen and oxygen atoms in total. The van der Waals surface area contributed by atoms with E-state index in [2.05, 4.69) is 48.9 Å². The molecule has 1 aromatic rings. The number of benzene rings is 1. The van der Waals surface area contributed by atoms with Crippen LogP contribution in [0.5, 0.6) is 0 Å². The lowest BCUT2D eigenvalue weighted by atomic mass is 9.46. The molecule has 3 saturated carbocycles. The summed E-state index contributed by atoms with van der Waals surface area (Å²) in [5.41, 5.74) is 1.22. The van der Waals surface area contributed by atoms with Gasteiger partial charge in [0.05, 0.1) is 0 Å². The van der Waals surface area contributed by atoms with Crippen molar-refractivity contribution in [1.29, 1.82) is 0 Å². The highest BCUT2D eigenvalue weighted by Crippen LogP contribution is 2.68. The summed E-state index contributed by atoms with van der Waals surface area (Å²) < 4.78 is 39.3. The number of alkyl halides is 3. The monoisotopic (exact) mass is 513 g/mol. The first-order valence-electron chi connectivity index (χ1n) is 13.9. The Morgan fingerprint density at radius 3 is 2.41 bits per heavy atom. The van der Waals surface area contributed by atoms with Crippen molar-refractivity contribution in [3.05, 3.63) is 41.5 Å².